The molecule has 0 bridgehead atoms. The third-order valence-electron chi connectivity index (χ3n) is 3.19. The van der Waals surface area contributed by atoms with Gasteiger partial charge in [-0.2, -0.15) is 0 Å². The summed E-state index contributed by atoms with van der Waals surface area (Å²) in [6.45, 7) is 5.38. The molecule has 0 saturated heterocycles. The molecule has 118 valence electrons. The van der Waals surface area contributed by atoms with Gasteiger partial charge in [0.15, 0.2) is 9.84 Å². The van der Waals surface area contributed by atoms with Gasteiger partial charge >= 0.3 is 0 Å². The molecule has 1 aromatic heterocycles. The Morgan fingerprint density at radius 3 is 2.52 bits per heavy atom. The van der Waals surface area contributed by atoms with E-state index in [1.165, 1.54) is 11.1 Å². The van der Waals surface area contributed by atoms with Gasteiger partial charge in [0, 0.05) is 25.0 Å². The van der Waals surface area contributed by atoms with Crippen molar-refractivity contribution in [3.05, 3.63) is 23.9 Å². The van der Waals surface area contributed by atoms with Crippen LogP contribution in [0.5, 0.6) is 0 Å². The minimum atomic E-state index is -3.11. The average Bonchev–Trinajstić information content (AvgIpc) is 2.46. The quantitative estimate of drug-likeness (QED) is 0.716. The molecule has 1 aromatic rings. The van der Waals surface area contributed by atoms with E-state index in [4.69, 9.17) is 0 Å². The summed E-state index contributed by atoms with van der Waals surface area (Å²) in [4.78, 5) is 18.0. The maximum absolute atomic E-state index is 12.3. The average molecular weight is 330 g/mol. The van der Waals surface area contributed by atoms with Crippen molar-refractivity contribution in [1.29, 1.82) is 0 Å². The molecule has 0 N–H and O–H groups in total. The number of amides is 1. The molecule has 0 radical (unpaired) electrons. The molecule has 1 rings (SSSR count). The van der Waals surface area contributed by atoms with Crippen molar-refractivity contribution in [3.63, 3.8) is 0 Å². The largest absolute Gasteiger partial charge is 0.338 e. The highest BCUT2D eigenvalue weighted by Crippen LogP contribution is 2.15. The van der Waals surface area contributed by atoms with Crippen molar-refractivity contribution in [2.24, 2.45) is 0 Å². The lowest BCUT2D eigenvalue weighted by molar-refractivity contribution is 0.0756. The van der Waals surface area contributed by atoms with Crippen molar-refractivity contribution in [2.45, 2.75) is 31.8 Å². The molecule has 21 heavy (non-hydrogen) atoms. The molecule has 7 heteroatoms. The standard InChI is InChI=1S/C14H22N2O3S2/c1-5-20-13-8-7-12(9-15-13)14(17)16(4)11(3)10-21(18,19)6-2/h7-9,11H,5-6,10H2,1-4H3. The summed E-state index contributed by atoms with van der Waals surface area (Å²) in [6, 6.07) is 3.17. The first kappa shape index (κ1) is 18.0. The van der Waals surface area contributed by atoms with Gasteiger partial charge in [0.2, 0.25) is 0 Å². The molecular formula is C14H22N2O3S2. The Bertz CT molecular complexity index is 570. The first-order valence-corrected chi connectivity index (χ1v) is 9.67. The zero-order valence-electron chi connectivity index (χ0n) is 12.9. The summed E-state index contributed by atoms with van der Waals surface area (Å²) in [7, 11) is -1.49. The van der Waals surface area contributed by atoms with Crippen LogP contribution < -0.4 is 0 Å². The maximum Gasteiger partial charge on any atom is 0.255 e. The van der Waals surface area contributed by atoms with Crippen LogP contribution in [0.25, 0.3) is 0 Å². The minimum Gasteiger partial charge on any atom is -0.338 e. The van der Waals surface area contributed by atoms with E-state index in [0.717, 1.165) is 10.8 Å². The van der Waals surface area contributed by atoms with Crippen LogP contribution in [0.3, 0.4) is 0 Å². The lowest BCUT2D eigenvalue weighted by Gasteiger charge is -2.24. The molecule has 5 nitrogen and oxygen atoms in total. The van der Waals surface area contributed by atoms with Crippen molar-refractivity contribution in [2.75, 3.05) is 24.3 Å². The molecule has 1 unspecified atom stereocenters. The van der Waals surface area contributed by atoms with Crippen molar-refractivity contribution < 1.29 is 13.2 Å². The Morgan fingerprint density at radius 1 is 1.38 bits per heavy atom. The Morgan fingerprint density at radius 2 is 2.05 bits per heavy atom. The topological polar surface area (TPSA) is 67.3 Å². The molecule has 1 atom stereocenters. The first-order chi connectivity index (χ1) is 9.80. The number of nitrogens with zero attached hydrogens (tertiary/aromatic N) is 2. The first-order valence-electron chi connectivity index (χ1n) is 6.87. The van der Waals surface area contributed by atoms with Crippen LogP contribution in [-0.2, 0) is 9.84 Å². The number of carbonyl (C=O) groups is 1. The Kier molecular flexibility index (Phi) is 6.67. The lowest BCUT2D eigenvalue weighted by Crippen LogP contribution is -2.39. The third kappa shape index (κ3) is 5.32. The third-order valence-corrected chi connectivity index (χ3v) is 5.89. The second-order valence-corrected chi connectivity index (χ2v) is 8.46. The van der Waals surface area contributed by atoms with Gasteiger partial charge in [0.25, 0.3) is 5.91 Å². The monoisotopic (exact) mass is 330 g/mol. The van der Waals surface area contributed by atoms with Gasteiger partial charge in [0.05, 0.1) is 16.3 Å². The van der Waals surface area contributed by atoms with Crippen LogP contribution in [0, 0.1) is 0 Å². The number of hydrogen-bond acceptors (Lipinski definition) is 5. The lowest BCUT2D eigenvalue weighted by atomic mass is 10.2. The summed E-state index contributed by atoms with van der Waals surface area (Å²) in [6.07, 6.45) is 1.54. The highest BCUT2D eigenvalue weighted by Gasteiger charge is 2.22. The van der Waals surface area contributed by atoms with Crippen molar-refractivity contribution in [3.8, 4) is 0 Å². The SMILES string of the molecule is CCSc1ccc(C(=O)N(C)C(C)CS(=O)(=O)CC)cn1. The van der Waals surface area contributed by atoms with Gasteiger partial charge in [-0.25, -0.2) is 13.4 Å². The van der Waals surface area contributed by atoms with Crippen LogP contribution in [-0.4, -0.2) is 54.6 Å². The molecule has 0 aromatic carbocycles. The number of rotatable bonds is 7. The van der Waals surface area contributed by atoms with Crippen LogP contribution in [0.4, 0.5) is 0 Å². The summed E-state index contributed by atoms with van der Waals surface area (Å²) in [5.74, 6) is 0.771. The van der Waals surface area contributed by atoms with Crippen molar-refractivity contribution >= 4 is 27.5 Å². The smallest absolute Gasteiger partial charge is 0.255 e. The van der Waals surface area contributed by atoms with E-state index in [1.54, 1.807) is 38.7 Å². The zero-order chi connectivity index (χ0) is 16.0. The van der Waals surface area contributed by atoms with Crippen LogP contribution in [0.1, 0.15) is 31.1 Å². The van der Waals surface area contributed by atoms with Gasteiger partial charge in [-0.05, 0) is 24.8 Å². The van der Waals surface area contributed by atoms with Crippen molar-refractivity contribution in [1.82, 2.24) is 9.88 Å². The van der Waals surface area contributed by atoms with E-state index < -0.39 is 9.84 Å². The van der Waals surface area contributed by atoms with Gasteiger partial charge in [-0.1, -0.05) is 13.8 Å². The fourth-order valence-corrected chi connectivity index (χ4v) is 3.52. The maximum atomic E-state index is 12.3. The molecule has 1 heterocycles. The number of pyridine rings is 1. The number of thioether (sulfide) groups is 1. The second-order valence-electron chi connectivity index (χ2n) is 4.78. The van der Waals surface area contributed by atoms with E-state index in [-0.39, 0.29) is 23.5 Å². The van der Waals surface area contributed by atoms with Gasteiger partial charge in [-0.3, -0.25) is 4.79 Å². The minimum absolute atomic E-state index is 0.0249. The van der Waals surface area contributed by atoms with Crippen LogP contribution >= 0.6 is 11.8 Å². The van der Waals surface area contributed by atoms with Gasteiger partial charge < -0.3 is 4.90 Å². The number of carbonyl (C=O) groups excluding carboxylic acids is 1. The predicted molar refractivity (Wildman–Crippen MR) is 86.5 cm³/mol. The molecule has 0 aliphatic heterocycles. The Labute approximate surface area is 131 Å². The Hall–Kier alpha value is -1.08. The fourth-order valence-electron chi connectivity index (χ4n) is 1.74. The van der Waals surface area contributed by atoms with E-state index >= 15 is 0 Å². The van der Waals surface area contributed by atoms with E-state index in [1.807, 2.05) is 13.0 Å². The number of hydrogen-bond donors (Lipinski definition) is 0. The predicted octanol–water partition coefficient (Wildman–Crippen LogP) is 2.09. The number of sulfone groups is 1. The van der Waals surface area contributed by atoms with E-state index in [9.17, 15) is 13.2 Å². The summed E-state index contributed by atoms with van der Waals surface area (Å²) >= 11 is 1.61. The highest BCUT2D eigenvalue weighted by atomic mass is 32.2. The zero-order valence-corrected chi connectivity index (χ0v) is 14.5. The Balaban J connectivity index is 2.77. The number of aromatic nitrogens is 1. The summed E-state index contributed by atoms with van der Waals surface area (Å²) < 4.78 is 23.3. The van der Waals surface area contributed by atoms with Crippen LogP contribution in [0.2, 0.25) is 0 Å². The van der Waals surface area contributed by atoms with E-state index in [2.05, 4.69) is 4.98 Å². The summed E-state index contributed by atoms with van der Waals surface area (Å²) in [5, 5.41) is 0.873. The molecule has 0 aliphatic carbocycles. The second kappa shape index (κ2) is 7.79. The van der Waals surface area contributed by atoms with Gasteiger partial charge in [-0.15, -0.1) is 11.8 Å². The highest BCUT2D eigenvalue weighted by molar-refractivity contribution is 7.99. The molecular weight excluding hydrogens is 308 g/mol. The normalized spacial score (nSPS) is 13.0. The van der Waals surface area contributed by atoms with Gasteiger partial charge in [0.1, 0.15) is 0 Å². The van der Waals surface area contributed by atoms with E-state index in [0.29, 0.717) is 5.56 Å². The molecule has 0 spiro atoms. The fraction of sp³-hybridized carbons (Fsp3) is 0.571. The summed E-state index contributed by atoms with van der Waals surface area (Å²) in [5.41, 5.74) is 0.471. The molecule has 1 amide bonds. The molecule has 0 fully saturated rings. The molecule has 0 saturated carbocycles. The van der Waals surface area contributed by atoms with Crippen LogP contribution in [0.15, 0.2) is 23.4 Å². The molecule has 0 aliphatic rings.